The van der Waals surface area contributed by atoms with Crippen molar-refractivity contribution in [3.05, 3.63) is 71.8 Å². The molecule has 3 aromatic rings. The minimum atomic E-state index is 0.00804. The van der Waals surface area contributed by atoms with E-state index in [4.69, 9.17) is 9.26 Å². The Morgan fingerprint density at radius 1 is 1.00 bits per heavy atom. The lowest BCUT2D eigenvalue weighted by atomic mass is 10.1. The zero-order chi connectivity index (χ0) is 21.8. The van der Waals surface area contributed by atoms with Crippen molar-refractivity contribution in [2.75, 3.05) is 31.1 Å². The SMILES string of the molecule is O=C(c1ccccc1)N(Cc1c(-c2ccccc2)noc1N1CCCC1)C[C@@H]1CCCO1. The summed E-state index contributed by atoms with van der Waals surface area (Å²) in [7, 11) is 0. The smallest absolute Gasteiger partial charge is 0.254 e. The molecule has 5 rings (SSSR count). The van der Waals surface area contributed by atoms with Gasteiger partial charge in [0, 0.05) is 37.4 Å². The topological polar surface area (TPSA) is 58.8 Å². The van der Waals surface area contributed by atoms with Crippen molar-refractivity contribution in [2.45, 2.75) is 38.3 Å². The normalized spacial score (nSPS) is 18.2. The molecule has 2 aliphatic rings. The molecule has 3 heterocycles. The summed E-state index contributed by atoms with van der Waals surface area (Å²) in [5, 5.41) is 4.46. The number of anilines is 1. The molecule has 6 nitrogen and oxygen atoms in total. The summed E-state index contributed by atoms with van der Waals surface area (Å²) in [4.78, 5) is 17.7. The predicted molar refractivity (Wildman–Crippen MR) is 124 cm³/mol. The number of nitrogens with zero attached hydrogens (tertiary/aromatic N) is 3. The number of hydrogen-bond donors (Lipinski definition) is 0. The van der Waals surface area contributed by atoms with Gasteiger partial charge in [-0.05, 0) is 37.8 Å². The van der Waals surface area contributed by atoms with Crippen LogP contribution in [-0.2, 0) is 11.3 Å². The predicted octanol–water partition coefficient (Wildman–Crippen LogP) is 4.76. The molecule has 0 radical (unpaired) electrons. The zero-order valence-electron chi connectivity index (χ0n) is 18.3. The fraction of sp³-hybridized carbons (Fsp3) is 0.385. The highest BCUT2D eigenvalue weighted by atomic mass is 16.5. The van der Waals surface area contributed by atoms with E-state index in [1.54, 1.807) is 0 Å². The van der Waals surface area contributed by atoms with Crippen molar-refractivity contribution in [3.8, 4) is 11.3 Å². The minimum Gasteiger partial charge on any atom is -0.376 e. The molecule has 32 heavy (non-hydrogen) atoms. The van der Waals surface area contributed by atoms with Gasteiger partial charge < -0.3 is 19.1 Å². The van der Waals surface area contributed by atoms with Crippen molar-refractivity contribution >= 4 is 11.8 Å². The van der Waals surface area contributed by atoms with Gasteiger partial charge in [0.25, 0.3) is 5.91 Å². The molecule has 0 aliphatic carbocycles. The third-order valence-corrected chi connectivity index (χ3v) is 6.31. The van der Waals surface area contributed by atoms with E-state index in [0.717, 1.165) is 68.1 Å². The quantitative estimate of drug-likeness (QED) is 0.540. The Kier molecular flexibility index (Phi) is 6.21. The van der Waals surface area contributed by atoms with Crippen LogP contribution in [-0.4, -0.2) is 48.3 Å². The zero-order valence-corrected chi connectivity index (χ0v) is 18.3. The van der Waals surface area contributed by atoms with E-state index in [9.17, 15) is 4.79 Å². The van der Waals surface area contributed by atoms with E-state index in [1.165, 1.54) is 0 Å². The number of rotatable bonds is 7. The van der Waals surface area contributed by atoms with Gasteiger partial charge in [-0.2, -0.15) is 0 Å². The summed E-state index contributed by atoms with van der Waals surface area (Å²) in [5.41, 5.74) is 3.47. The van der Waals surface area contributed by atoms with E-state index in [-0.39, 0.29) is 12.0 Å². The molecule has 0 unspecified atom stereocenters. The molecule has 2 fully saturated rings. The molecular formula is C26H29N3O3. The van der Waals surface area contributed by atoms with E-state index in [2.05, 4.69) is 10.1 Å². The summed E-state index contributed by atoms with van der Waals surface area (Å²) in [5.74, 6) is 0.799. The molecule has 0 bridgehead atoms. The molecule has 166 valence electrons. The maximum Gasteiger partial charge on any atom is 0.254 e. The molecule has 6 heteroatoms. The lowest BCUT2D eigenvalue weighted by Gasteiger charge is -2.26. The highest BCUT2D eigenvalue weighted by Crippen LogP contribution is 2.34. The van der Waals surface area contributed by atoms with Crippen LogP contribution in [0.5, 0.6) is 0 Å². The van der Waals surface area contributed by atoms with Crippen molar-refractivity contribution < 1.29 is 14.1 Å². The van der Waals surface area contributed by atoms with Crippen molar-refractivity contribution in [2.24, 2.45) is 0 Å². The largest absolute Gasteiger partial charge is 0.376 e. The fourth-order valence-electron chi connectivity index (χ4n) is 4.64. The lowest BCUT2D eigenvalue weighted by Crippen LogP contribution is -2.37. The summed E-state index contributed by atoms with van der Waals surface area (Å²) in [6, 6.07) is 19.6. The van der Waals surface area contributed by atoms with Crippen molar-refractivity contribution in [1.29, 1.82) is 0 Å². The number of benzene rings is 2. The maximum atomic E-state index is 13.5. The molecule has 2 saturated heterocycles. The summed E-state index contributed by atoms with van der Waals surface area (Å²) >= 11 is 0. The van der Waals surface area contributed by atoms with Gasteiger partial charge in [-0.3, -0.25) is 4.79 Å². The first-order valence-corrected chi connectivity index (χ1v) is 11.5. The Morgan fingerprint density at radius 3 is 2.41 bits per heavy atom. The van der Waals surface area contributed by atoms with Crippen LogP contribution >= 0.6 is 0 Å². The van der Waals surface area contributed by atoms with Gasteiger partial charge in [0.15, 0.2) is 0 Å². The molecule has 0 saturated carbocycles. The highest BCUT2D eigenvalue weighted by molar-refractivity contribution is 5.94. The highest BCUT2D eigenvalue weighted by Gasteiger charge is 2.30. The molecule has 1 amide bonds. The third kappa shape index (κ3) is 4.41. The van der Waals surface area contributed by atoms with Crippen LogP contribution in [0.3, 0.4) is 0 Å². The van der Waals surface area contributed by atoms with Gasteiger partial charge >= 0.3 is 0 Å². The van der Waals surface area contributed by atoms with Crippen LogP contribution in [0.15, 0.2) is 65.2 Å². The molecule has 0 N–H and O–H groups in total. The number of aromatic nitrogens is 1. The second-order valence-corrected chi connectivity index (χ2v) is 8.56. The summed E-state index contributed by atoms with van der Waals surface area (Å²) < 4.78 is 11.8. The first-order valence-electron chi connectivity index (χ1n) is 11.5. The minimum absolute atomic E-state index is 0.00804. The van der Waals surface area contributed by atoms with E-state index in [1.807, 2.05) is 65.6 Å². The van der Waals surface area contributed by atoms with E-state index in [0.29, 0.717) is 18.7 Å². The number of amides is 1. The van der Waals surface area contributed by atoms with Crippen LogP contribution in [0.4, 0.5) is 5.88 Å². The van der Waals surface area contributed by atoms with Gasteiger partial charge in [0.1, 0.15) is 5.69 Å². The average Bonchev–Trinajstić information content (AvgIpc) is 3.61. The lowest BCUT2D eigenvalue weighted by molar-refractivity contribution is 0.0507. The van der Waals surface area contributed by atoms with Crippen LogP contribution in [0.1, 0.15) is 41.6 Å². The summed E-state index contributed by atoms with van der Waals surface area (Å²) in [6.45, 7) is 3.67. The number of carbonyl (C=O) groups excluding carboxylic acids is 1. The Morgan fingerprint density at radius 2 is 1.72 bits per heavy atom. The first-order chi connectivity index (χ1) is 15.8. The first kappa shape index (κ1) is 20.8. The van der Waals surface area contributed by atoms with Crippen molar-refractivity contribution in [1.82, 2.24) is 10.1 Å². The van der Waals surface area contributed by atoms with E-state index < -0.39 is 0 Å². The standard InChI is InChI=1S/C26H29N3O3/c30-25(21-12-5-2-6-13-21)29(18-22-14-9-17-31-22)19-23-24(20-10-3-1-4-11-20)27-32-26(23)28-15-7-8-16-28/h1-6,10-13,22H,7-9,14-19H2/t22-/m0/s1. The van der Waals surface area contributed by atoms with Gasteiger partial charge in [-0.25, -0.2) is 0 Å². The average molecular weight is 432 g/mol. The Hall–Kier alpha value is -3.12. The molecule has 0 spiro atoms. The van der Waals surface area contributed by atoms with Gasteiger partial charge in [-0.15, -0.1) is 0 Å². The van der Waals surface area contributed by atoms with Gasteiger partial charge in [-0.1, -0.05) is 53.7 Å². The van der Waals surface area contributed by atoms with Crippen LogP contribution in [0.25, 0.3) is 11.3 Å². The molecule has 1 atom stereocenters. The third-order valence-electron chi connectivity index (χ3n) is 6.31. The Labute approximate surface area is 188 Å². The summed E-state index contributed by atoms with van der Waals surface area (Å²) in [6.07, 6.45) is 4.37. The Balaban J connectivity index is 1.51. The van der Waals surface area contributed by atoms with Gasteiger partial charge in [0.2, 0.25) is 5.88 Å². The molecule has 2 aliphatic heterocycles. The maximum absolute atomic E-state index is 13.5. The number of hydrogen-bond acceptors (Lipinski definition) is 5. The van der Waals surface area contributed by atoms with Crippen LogP contribution < -0.4 is 4.90 Å². The van der Waals surface area contributed by atoms with Crippen LogP contribution in [0.2, 0.25) is 0 Å². The van der Waals surface area contributed by atoms with Crippen LogP contribution in [0, 0.1) is 0 Å². The molecule has 2 aromatic carbocycles. The van der Waals surface area contributed by atoms with Crippen molar-refractivity contribution in [3.63, 3.8) is 0 Å². The monoisotopic (exact) mass is 431 g/mol. The van der Waals surface area contributed by atoms with E-state index >= 15 is 0 Å². The Bertz CT molecular complexity index is 1020. The number of ether oxygens (including phenoxy) is 1. The number of carbonyl (C=O) groups is 1. The second kappa shape index (κ2) is 9.57. The fourth-order valence-corrected chi connectivity index (χ4v) is 4.64. The van der Waals surface area contributed by atoms with Gasteiger partial charge in [0.05, 0.1) is 18.2 Å². The molecule has 1 aromatic heterocycles. The molecular weight excluding hydrogens is 402 g/mol. The second-order valence-electron chi connectivity index (χ2n) is 8.56.